The third-order valence-corrected chi connectivity index (χ3v) is 3.83. The molecule has 1 aromatic rings. The molecule has 4 heteroatoms. The molecule has 0 radical (unpaired) electrons. The van der Waals surface area contributed by atoms with Crippen LogP contribution in [0.3, 0.4) is 0 Å². The highest BCUT2D eigenvalue weighted by molar-refractivity contribution is 6.33. The second-order valence-corrected chi connectivity index (χ2v) is 4.72. The third kappa shape index (κ3) is 2.22. The normalized spacial score (nSPS) is 23.8. The summed E-state index contributed by atoms with van der Waals surface area (Å²) < 4.78 is 10.6. The van der Waals surface area contributed by atoms with E-state index in [4.69, 9.17) is 21.1 Å². The second-order valence-electron chi connectivity index (χ2n) is 4.34. The fraction of sp³-hybridized carbons (Fsp3) is 0.538. The predicted molar refractivity (Wildman–Crippen MR) is 69.4 cm³/mol. The molecule has 1 N–H and O–H groups in total. The Balaban J connectivity index is 2.41. The van der Waals surface area contributed by atoms with Gasteiger partial charge in [0.2, 0.25) is 0 Å². The minimum Gasteiger partial charge on any atom is -0.493 e. The van der Waals surface area contributed by atoms with E-state index in [0.29, 0.717) is 28.5 Å². The molecule has 0 bridgehead atoms. The molecule has 1 aromatic carbocycles. The fourth-order valence-electron chi connectivity index (χ4n) is 2.47. The van der Waals surface area contributed by atoms with Gasteiger partial charge in [-0.25, -0.2) is 0 Å². The van der Waals surface area contributed by atoms with Crippen LogP contribution in [0.5, 0.6) is 11.5 Å². The van der Waals surface area contributed by atoms with Gasteiger partial charge in [0, 0.05) is 12.0 Å². The van der Waals surface area contributed by atoms with Crippen LogP contribution in [0.4, 0.5) is 0 Å². The van der Waals surface area contributed by atoms with Gasteiger partial charge in [0.25, 0.3) is 0 Å². The molecule has 2 unspecified atom stereocenters. The molecule has 1 saturated heterocycles. The molecule has 2 rings (SSSR count). The molecular weight excluding hydrogens is 238 g/mol. The smallest absolute Gasteiger partial charge is 0.179 e. The Hall–Kier alpha value is -0.930. The van der Waals surface area contributed by atoms with E-state index in [1.807, 2.05) is 12.1 Å². The van der Waals surface area contributed by atoms with E-state index in [0.717, 1.165) is 18.5 Å². The molecule has 1 heterocycles. The number of hydrogen-bond acceptors (Lipinski definition) is 3. The van der Waals surface area contributed by atoms with Gasteiger partial charge in [0.05, 0.1) is 19.2 Å². The van der Waals surface area contributed by atoms with E-state index < -0.39 is 0 Å². The van der Waals surface area contributed by atoms with Crippen LogP contribution >= 0.6 is 11.6 Å². The average molecular weight is 256 g/mol. The standard InChI is InChI=1S/C13H18ClNO2/c1-8-9(6-7-15-8)10-4-5-11(16-2)13(17-3)12(10)14/h4-5,8-9,15H,6-7H2,1-3H3. The first-order chi connectivity index (χ1) is 8.19. The highest BCUT2D eigenvalue weighted by Gasteiger charge is 2.28. The Morgan fingerprint density at radius 3 is 2.59 bits per heavy atom. The zero-order valence-electron chi connectivity index (χ0n) is 10.4. The van der Waals surface area contributed by atoms with Gasteiger partial charge in [-0.2, -0.15) is 0 Å². The summed E-state index contributed by atoms with van der Waals surface area (Å²) in [5.41, 5.74) is 1.14. The van der Waals surface area contributed by atoms with Gasteiger partial charge in [-0.05, 0) is 31.5 Å². The van der Waals surface area contributed by atoms with Crippen molar-refractivity contribution in [2.75, 3.05) is 20.8 Å². The Bertz CT molecular complexity index is 409. The third-order valence-electron chi connectivity index (χ3n) is 3.44. The molecule has 1 aliphatic heterocycles. The maximum absolute atomic E-state index is 6.41. The Morgan fingerprint density at radius 2 is 2.06 bits per heavy atom. The van der Waals surface area contributed by atoms with Crippen LogP contribution in [0.2, 0.25) is 5.02 Å². The molecule has 1 fully saturated rings. The molecule has 1 aliphatic rings. The summed E-state index contributed by atoms with van der Waals surface area (Å²) >= 11 is 6.41. The van der Waals surface area contributed by atoms with Crippen LogP contribution in [0.1, 0.15) is 24.8 Å². The SMILES string of the molecule is COc1ccc(C2CCNC2C)c(Cl)c1OC. The first-order valence-corrected chi connectivity index (χ1v) is 6.20. The van der Waals surface area contributed by atoms with Crippen LogP contribution in [0.15, 0.2) is 12.1 Å². The van der Waals surface area contributed by atoms with E-state index in [1.54, 1.807) is 14.2 Å². The van der Waals surface area contributed by atoms with Gasteiger partial charge in [-0.15, -0.1) is 0 Å². The molecule has 2 atom stereocenters. The molecule has 17 heavy (non-hydrogen) atoms. The largest absolute Gasteiger partial charge is 0.493 e. The van der Waals surface area contributed by atoms with Crippen molar-refractivity contribution in [1.29, 1.82) is 0 Å². The lowest BCUT2D eigenvalue weighted by molar-refractivity contribution is 0.354. The van der Waals surface area contributed by atoms with Gasteiger partial charge in [0.15, 0.2) is 11.5 Å². The lowest BCUT2D eigenvalue weighted by Gasteiger charge is -2.19. The van der Waals surface area contributed by atoms with Crippen molar-refractivity contribution in [1.82, 2.24) is 5.32 Å². The molecule has 0 aromatic heterocycles. The van der Waals surface area contributed by atoms with E-state index >= 15 is 0 Å². The number of ether oxygens (including phenoxy) is 2. The summed E-state index contributed by atoms with van der Waals surface area (Å²) in [7, 11) is 3.23. The first-order valence-electron chi connectivity index (χ1n) is 5.82. The number of nitrogens with one attached hydrogen (secondary N) is 1. The van der Waals surface area contributed by atoms with Crippen LogP contribution in [-0.4, -0.2) is 26.8 Å². The lowest BCUT2D eigenvalue weighted by Crippen LogP contribution is -2.21. The number of halogens is 1. The Kier molecular flexibility index (Phi) is 3.79. The summed E-state index contributed by atoms with van der Waals surface area (Å²) in [6.07, 6.45) is 1.11. The predicted octanol–water partition coefficient (Wildman–Crippen LogP) is 2.82. The monoisotopic (exact) mass is 255 g/mol. The molecule has 3 nitrogen and oxygen atoms in total. The van der Waals surface area contributed by atoms with Gasteiger partial charge < -0.3 is 14.8 Å². The van der Waals surface area contributed by atoms with E-state index in [1.165, 1.54) is 0 Å². The van der Waals surface area contributed by atoms with Crippen LogP contribution < -0.4 is 14.8 Å². The Labute approximate surface area is 107 Å². The highest BCUT2D eigenvalue weighted by atomic mass is 35.5. The lowest BCUT2D eigenvalue weighted by atomic mass is 9.92. The zero-order chi connectivity index (χ0) is 12.4. The molecular formula is C13H18ClNO2. The van der Waals surface area contributed by atoms with Crippen molar-refractivity contribution in [2.45, 2.75) is 25.3 Å². The maximum atomic E-state index is 6.41. The van der Waals surface area contributed by atoms with Crippen LogP contribution in [0, 0.1) is 0 Å². The summed E-state index contributed by atoms with van der Waals surface area (Å²) in [6, 6.07) is 4.41. The van der Waals surface area contributed by atoms with Gasteiger partial charge >= 0.3 is 0 Å². The summed E-state index contributed by atoms with van der Waals surface area (Å²) in [4.78, 5) is 0. The second kappa shape index (κ2) is 5.15. The molecule has 0 saturated carbocycles. The number of benzene rings is 1. The highest BCUT2D eigenvalue weighted by Crippen LogP contribution is 2.42. The summed E-state index contributed by atoms with van der Waals surface area (Å²) in [5, 5.41) is 4.10. The van der Waals surface area contributed by atoms with E-state index in [2.05, 4.69) is 12.2 Å². The van der Waals surface area contributed by atoms with Crippen molar-refractivity contribution in [2.24, 2.45) is 0 Å². The van der Waals surface area contributed by atoms with Gasteiger partial charge in [-0.1, -0.05) is 17.7 Å². The van der Waals surface area contributed by atoms with Crippen molar-refractivity contribution in [3.63, 3.8) is 0 Å². The van der Waals surface area contributed by atoms with Crippen LogP contribution in [-0.2, 0) is 0 Å². The molecule has 94 valence electrons. The quantitative estimate of drug-likeness (QED) is 0.901. The summed E-state index contributed by atoms with van der Waals surface area (Å²) in [5.74, 6) is 1.76. The zero-order valence-corrected chi connectivity index (χ0v) is 11.2. The van der Waals surface area contributed by atoms with Crippen molar-refractivity contribution in [3.05, 3.63) is 22.7 Å². The first kappa shape index (κ1) is 12.5. The van der Waals surface area contributed by atoms with Crippen molar-refractivity contribution < 1.29 is 9.47 Å². The number of rotatable bonds is 3. The minimum absolute atomic E-state index is 0.447. The van der Waals surface area contributed by atoms with Gasteiger partial charge in [-0.3, -0.25) is 0 Å². The molecule has 0 aliphatic carbocycles. The van der Waals surface area contributed by atoms with Crippen LogP contribution in [0.25, 0.3) is 0 Å². The maximum Gasteiger partial charge on any atom is 0.179 e. The molecule has 0 amide bonds. The van der Waals surface area contributed by atoms with E-state index in [9.17, 15) is 0 Å². The van der Waals surface area contributed by atoms with Crippen molar-refractivity contribution in [3.8, 4) is 11.5 Å². The average Bonchev–Trinajstić information content (AvgIpc) is 2.75. The number of methoxy groups -OCH3 is 2. The van der Waals surface area contributed by atoms with Crippen molar-refractivity contribution >= 4 is 11.6 Å². The van der Waals surface area contributed by atoms with E-state index in [-0.39, 0.29) is 0 Å². The number of hydrogen-bond donors (Lipinski definition) is 1. The minimum atomic E-state index is 0.447. The molecule has 0 spiro atoms. The van der Waals surface area contributed by atoms with Gasteiger partial charge in [0.1, 0.15) is 0 Å². The topological polar surface area (TPSA) is 30.5 Å². The summed E-state index contributed by atoms with van der Waals surface area (Å²) in [6.45, 7) is 3.22. The fourth-order valence-corrected chi connectivity index (χ4v) is 2.85. The Morgan fingerprint density at radius 1 is 1.29 bits per heavy atom.